The standard InChI is InChI=1S/C18H20/c1-14-12-17(18(2,3)4)13-16(14)11-10-15-8-6-5-7-9-15/h5-9,12H,13H2,1-4H3. The van der Waals surface area contributed by atoms with Crippen LogP contribution in [-0.4, -0.2) is 0 Å². The van der Waals surface area contributed by atoms with Crippen LogP contribution in [0.15, 0.2) is 53.1 Å². The minimum atomic E-state index is 0.247. The number of rotatable bonds is 0. The zero-order valence-corrected chi connectivity index (χ0v) is 11.7. The largest absolute Gasteiger partial charge is 0.0655 e. The van der Waals surface area contributed by atoms with Crippen LogP contribution < -0.4 is 0 Å². The monoisotopic (exact) mass is 236 g/mol. The van der Waals surface area contributed by atoms with Crippen LogP contribution in [0.4, 0.5) is 0 Å². The molecule has 0 saturated heterocycles. The van der Waals surface area contributed by atoms with Crippen LogP contribution in [0.25, 0.3) is 0 Å². The Balaban J connectivity index is 2.16. The third kappa shape index (κ3) is 2.93. The molecular formula is C18H20. The van der Waals surface area contributed by atoms with Gasteiger partial charge in [-0.1, -0.05) is 62.5 Å². The fraction of sp³-hybridized carbons (Fsp3) is 0.333. The van der Waals surface area contributed by atoms with Gasteiger partial charge in [-0.2, -0.15) is 0 Å². The molecule has 2 rings (SSSR count). The summed E-state index contributed by atoms with van der Waals surface area (Å²) in [5.41, 5.74) is 5.41. The average molecular weight is 236 g/mol. The van der Waals surface area contributed by atoms with Gasteiger partial charge in [0.1, 0.15) is 0 Å². The van der Waals surface area contributed by atoms with E-state index in [1.54, 1.807) is 0 Å². The van der Waals surface area contributed by atoms with Crippen molar-refractivity contribution >= 4 is 0 Å². The molecule has 18 heavy (non-hydrogen) atoms. The first-order valence-electron chi connectivity index (χ1n) is 6.45. The minimum Gasteiger partial charge on any atom is -0.0655 e. The summed E-state index contributed by atoms with van der Waals surface area (Å²) in [6, 6.07) is 10.2. The van der Waals surface area contributed by atoms with Crippen LogP contribution in [-0.2, 0) is 0 Å². The highest BCUT2D eigenvalue weighted by atomic mass is 14.3. The summed E-state index contributed by atoms with van der Waals surface area (Å²) in [5.74, 6) is 6.58. The smallest absolute Gasteiger partial charge is 0.0248 e. The highest BCUT2D eigenvalue weighted by molar-refractivity contribution is 5.51. The third-order valence-electron chi connectivity index (χ3n) is 3.33. The van der Waals surface area contributed by atoms with Crippen molar-refractivity contribution in [2.75, 3.05) is 0 Å². The van der Waals surface area contributed by atoms with E-state index in [1.807, 2.05) is 18.2 Å². The lowest BCUT2D eigenvalue weighted by molar-refractivity contribution is 0.495. The Morgan fingerprint density at radius 3 is 2.22 bits per heavy atom. The van der Waals surface area contributed by atoms with Gasteiger partial charge in [-0.05, 0) is 30.0 Å². The number of benzene rings is 1. The van der Waals surface area contributed by atoms with Crippen molar-refractivity contribution < 1.29 is 0 Å². The molecule has 0 fully saturated rings. The van der Waals surface area contributed by atoms with E-state index in [4.69, 9.17) is 0 Å². The second kappa shape index (κ2) is 4.86. The molecule has 0 aromatic heterocycles. The summed E-state index contributed by atoms with van der Waals surface area (Å²) in [7, 11) is 0. The molecule has 0 spiro atoms. The maximum Gasteiger partial charge on any atom is 0.0248 e. The molecule has 0 aliphatic heterocycles. The van der Waals surface area contributed by atoms with Gasteiger partial charge in [0.15, 0.2) is 0 Å². The van der Waals surface area contributed by atoms with Crippen molar-refractivity contribution in [3.8, 4) is 11.8 Å². The van der Waals surface area contributed by atoms with Gasteiger partial charge in [-0.15, -0.1) is 0 Å². The van der Waals surface area contributed by atoms with Crippen LogP contribution in [0.3, 0.4) is 0 Å². The quantitative estimate of drug-likeness (QED) is 0.571. The van der Waals surface area contributed by atoms with Crippen molar-refractivity contribution in [1.82, 2.24) is 0 Å². The minimum absolute atomic E-state index is 0.247. The van der Waals surface area contributed by atoms with Crippen molar-refractivity contribution in [3.05, 3.63) is 58.7 Å². The Morgan fingerprint density at radius 1 is 1.00 bits per heavy atom. The summed E-state index contributed by atoms with van der Waals surface area (Å²) in [6.45, 7) is 8.95. The van der Waals surface area contributed by atoms with Crippen LogP contribution in [0, 0.1) is 17.3 Å². The topological polar surface area (TPSA) is 0 Å². The maximum absolute atomic E-state index is 3.33. The second-order valence-electron chi connectivity index (χ2n) is 5.87. The zero-order valence-electron chi connectivity index (χ0n) is 11.7. The summed E-state index contributed by atoms with van der Waals surface area (Å²) >= 11 is 0. The molecule has 0 heterocycles. The molecule has 92 valence electrons. The Kier molecular flexibility index (Phi) is 3.43. The van der Waals surface area contributed by atoms with Crippen LogP contribution in [0.2, 0.25) is 0 Å². The van der Waals surface area contributed by atoms with Crippen molar-refractivity contribution in [2.24, 2.45) is 5.41 Å². The normalized spacial score (nSPS) is 15.2. The lowest BCUT2D eigenvalue weighted by atomic mass is 9.85. The predicted octanol–water partition coefficient (Wildman–Crippen LogP) is 4.73. The molecule has 0 heteroatoms. The van der Waals surface area contributed by atoms with E-state index in [-0.39, 0.29) is 5.41 Å². The van der Waals surface area contributed by atoms with Crippen LogP contribution >= 0.6 is 0 Å². The van der Waals surface area contributed by atoms with E-state index in [1.165, 1.54) is 16.7 Å². The maximum atomic E-state index is 3.33. The molecule has 0 radical (unpaired) electrons. The van der Waals surface area contributed by atoms with E-state index in [0.717, 1.165) is 12.0 Å². The summed E-state index contributed by atoms with van der Waals surface area (Å²) in [5, 5.41) is 0. The highest BCUT2D eigenvalue weighted by Crippen LogP contribution is 2.36. The van der Waals surface area contributed by atoms with E-state index in [2.05, 4.69) is 57.7 Å². The van der Waals surface area contributed by atoms with Gasteiger partial charge in [-0.25, -0.2) is 0 Å². The Bertz CT molecular complexity index is 552. The highest BCUT2D eigenvalue weighted by Gasteiger charge is 2.22. The fourth-order valence-electron chi connectivity index (χ4n) is 2.02. The van der Waals surface area contributed by atoms with E-state index < -0.39 is 0 Å². The second-order valence-corrected chi connectivity index (χ2v) is 5.87. The molecule has 0 bridgehead atoms. The molecule has 1 aliphatic rings. The zero-order chi connectivity index (χ0) is 13.2. The van der Waals surface area contributed by atoms with E-state index in [0.29, 0.717) is 0 Å². The van der Waals surface area contributed by atoms with Gasteiger partial charge in [0, 0.05) is 17.6 Å². The molecule has 0 nitrogen and oxygen atoms in total. The average Bonchev–Trinajstić information content (AvgIpc) is 2.69. The van der Waals surface area contributed by atoms with Gasteiger partial charge < -0.3 is 0 Å². The van der Waals surface area contributed by atoms with E-state index in [9.17, 15) is 0 Å². The molecule has 0 atom stereocenters. The number of hydrogen-bond donors (Lipinski definition) is 0. The first-order valence-corrected chi connectivity index (χ1v) is 6.45. The Labute approximate surface area is 110 Å². The summed E-state index contributed by atoms with van der Waals surface area (Å²) < 4.78 is 0. The lowest BCUT2D eigenvalue weighted by Crippen LogP contribution is -2.07. The number of hydrogen-bond acceptors (Lipinski definition) is 0. The lowest BCUT2D eigenvalue weighted by Gasteiger charge is -2.20. The fourth-order valence-corrected chi connectivity index (χ4v) is 2.02. The van der Waals surface area contributed by atoms with E-state index >= 15 is 0 Å². The van der Waals surface area contributed by atoms with Crippen LogP contribution in [0.5, 0.6) is 0 Å². The molecule has 0 unspecified atom stereocenters. The van der Waals surface area contributed by atoms with Crippen LogP contribution in [0.1, 0.15) is 39.7 Å². The van der Waals surface area contributed by atoms with Crippen molar-refractivity contribution in [2.45, 2.75) is 34.1 Å². The third-order valence-corrected chi connectivity index (χ3v) is 3.33. The number of allylic oxidation sites excluding steroid dienone is 4. The van der Waals surface area contributed by atoms with Gasteiger partial charge in [0.05, 0.1) is 0 Å². The predicted molar refractivity (Wildman–Crippen MR) is 78.2 cm³/mol. The Morgan fingerprint density at radius 2 is 1.67 bits per heavy atom. The molecule has 0 N–H and O–H groups in total. The van der Waals surface area contributed by atoms with Crippen molar-refractivity contribution in [1.29, 1.82) is 0 Å². The van der Waals surface area contributed by atoms with Gasteiger partial charge in [0.2, 0.25) is 0 Å². The van der Waals surface area contributed by atoms with Crippen molar-refractivity contribution in [3.63, 3.8) is 0 Å². The molecule has 0 amide bonds. The molecule has 1 aromatic rings. The van der Waals surface area contributed by atoms with Gasteiger partial charge in [0.25, 0.3) is 0 Å². The molecule has 1 aliphatic carbocycles. The Hall–Kier alpha value is -1.74. The summed E-state index contributed by atoms with van der Waals surface area (Å²) in [4.78, 5) is 0. The SMILES string of the molecule is CC1=C(C#Cc2ccccc2)CC(C(C)(C)C)=C1. The van der Waals surface area contributed by atoms with Gasteiger partial charge in [-0.3, -0.25) is 0 Å². The molecular weight excluding hydrogens is 216 g/mol. The first kappa shape index (κ1) is 12.7. The first-order chi connectivity index (χ1) is 8.47. The van der Waals surface area contributed by atoms with Gasteiger partial charge >= 0.3 is 0 Å². The summed E-state index contributed by atoms with van der Waals surface area (Å²) in [6.07, 6.45) is 3.31. The molecule has 0 saturated carbocycles. The molecule has 1 aromatic carbocycles.